The van der Waals surface area contributed by atoms with Gasteiger partial charge in [-0.15, -0.1) is 0 Å². The van der Waals surface area contributed by atoms with Crippen LogP contribution in [0.5, 0.6) is 0 Å². The van der Waals surface area contributed by atoms with Crippen molar-refractivity contribution in [2.45, 2.75) is 43.7 Å². The van der Waals surface area contributed by atoms with Crippen molar-refractivity contribution in [1.29, 1.82) is 0 Å². The molecule has 0 bridgehead atoms. The minimum atomic E-state index is -5.38. The fourth-order valence-electron chi connectivity index (χ4n) is 2.35. The first kappa shape index (κ1) is 14.9. The van der Waals surface area contributed by atoms with Crippen molar-refractivity contribution in [3.05, 3.63) is 11.3 Å². The Morgan fingerprint density at radius 3 is 2.15 bits per heavy atom. The molecule has 1 heterocycles. The van der Waals surface area contributed by atoms with Gasteiger partial charge < -0.3 is 5.32 Å². The Bertz CT molecular complexity index is 482. The molecule has 0 amide bonds. The number of Topliss-reactive ketones (excluding diaryl/α,β-unsaturated/α-hetero) is 1. The predicted molar refractivity (Wildman–Crippen MR) is 57.0 cm³/mol. The third-order valence-electron chi connectivity index (χ3n) is 3.28. The normalized spacial score (nSPS) is 22.3. The summed E-state index contributed by atoms with van der Waals surface area (Å²) in [6, 6.07) is 0. The zero-order valence-electron chi connectivity index (χ0n) is 10.0. The number of alkyl halides is 6. The van der Waals surface area contributed by atoms with Gasteiger partial charge in [-0.2, -0.15) is 26.3 Å². The van der Waals surface area contributed by atoms with Crippen LogP contribution in [0.4, 0.5) is 26.3 Å². The Morgan fingerprint density at radius 1 is 1.15 bits per heavy atom. The maximum Gasteiger partial charge on any atom is 0.455 e. The molecule has 20 heavy (non-hydrogen) atoms. The predicted octanol–water partition coefficient (Wildman–Crippen LogP) is 2.88. The summed E-state index contributed by atoms with van der Waals surface area (Å²) in [6.45, 7) is 0. The third-order valence-corrected chi connectivity index (χ3v) is 3.28. The third kappa shape index (κ3) is 2.66. The van der Waals surface area contributed by atoms with Gasteiger partial charge in [0, 0.05) is 6.21 Å². The largest absolute Gasteiger partial charge is 0.455 e. The molecule has 112 valence electrons. The van der Waals surface area contributed by atoms with Gasteiger partial charge in [-0.3, -0.25) is 9.79 Å². The van der Waals surface area contributed by atoms with E-state index in [0.29, 0.717) is 19.1 Å². The molecule has 3 nitrogen and oxygen atoms in total. The van der Waals surface area contributed by atoms with Crippen LogP contribution in [0.3, 0.4) is 0 Å². The molecular formula is C11H10F6N2O. The summed E-state index contributed by atoms with van der Waals surface area (Å²) >= 11 is 0. The second kappa shape index (κ2) is 4.49. The van der Waals surface area contributed by atoms with Crippen LogP contribution < -0.4 is 5.32 Å². The van der Waals surface area contributed by atoms with Gasteiger partial charge in [0.05, 0.1) is 5.57 Å². The first-order valence-corrected chi connectivity index (χ1v) is 5.82. The van der Waals surface area contributed by atoms with E-state index in [0.717, 1.165) is 0 Å². The van der Waals surface area contributed by atoms with Gasteiger partial charge in [0.25, 0.3) is 5.78 Å². The maximum absolute atomic E-state index is 12.9. The van der Waals surface area contributed by atoms with Crippen LogP contribution in [0, 0.1) is 0 Å². The van der Waals surface area contributed by atoms with Crippen molar-refractivity contribution in [2.75, 3.05) is 0 Å². The first-order chi connectivity index (χ1) is 9.05. The average Bonchev–Trinajstić information content (AvgIpc) is 2.74. The molecule has 0 aromatic carbocycles. The van der Waals surface area contributed by atoms with E-state index in [1.165, 1.54) is 0 Å². The average molecular weight is 300 g/mol. The van der Waals surface area contributed by atoms with Crippen molar-refractivity contribution in [3.8, 4) is 0 Å². The van der Waals surface area contributed by atoms with Gasteiger partial charge in [0.15, 0.2) is 0 Å². The lowest BCUT2D eigenvalue weighted by molar-refractivity contribution is -0.166. The van der Waals surface area contributed by atoms with Crippen LogP contribution in [-0.2, 0) is 4.79 Å². The summed E-state index contributed by atoms with van der Waals surface area (Å²) in [7, 11) is 0. The van der Waals surface area contributed by atoms with Crippen LogP contribution in [0.1, 0.15) is 25.7 Å². The molecule has 1 saturated carbocycles. The number of nitrogens with one attached hydrogen (secondary N) is 1. The molecule has 1 fully saturated rings. The van der Waals surface area contributed by atoms with Crippen molar-refractivity contribution in [3.63, 3.8) is 0 Å². The first-order valence-electron chi connectivity index (χ1n) is 5.82. The lowest BCUT2D eigenvalue weighted by atomic mass is 10.0. The Kier molecular flexibility index (Phi) is 3.34. The number of hydrogen-bond donors (Lipinski definition) is 1. The zero-order valence-corrected chi connectivity index (χ0v) is 10.0. The van der Waals surface area contributed by atoms with Crippen LogP contribution in [0.2, 0.25) is 0 Å². The standard InChI is InChI=1S/C11H10F6N2O/c12-10(13,14)7-6(8(20)11(15,16)17)5-18-9(19-7)3-1-2-4-9/h5,19H,1-4H2. The summed E-state index contributed by atoms with van der Waals surface area (Å²) in [5, 5.41) is 2.01. The second-order valence-corrected chi connectivity index (χ2v) is 4.74. The molecule has 0 saturated heterocycles. The number of rotatable bonds is 1. The molecule has 0 atom stereocenters. The lowest BCUT2D eigenvalue weighted by Gasteiger charge is -2.33. The van der Waals surface area contributed by atoms with Crippen LogP contribution >= 0.6 is 0 Å². The molecule has 1 N–H and O–H groups in total. The molecule has 0 unspecified atom stereocenters. The minimum Gasteiger partial charge on any atom is -0.357 e. The fourth-order valence-corrected chi connectivity index (χ4v) is 2.35. The maximum atomic E-state index is 12.9. The van der Waals surface area contributed by atoms with E-state index < -0.39 is 35.1 Å². The number of carbonyl (C=O) groups excluding carboxylic acids is 1. The summed E-state index contributed by atoms with van der Waals surface area (Å²) in [4.78, 5) is 14.8. The quantitative estimate of drug-likeness (QED) is 0.757. The highest BCUT2D eigenvalue weighted by Crippen LogP contribution is 2.39. The molecule has 2 aliphatic rings. The Labute approximate surface area is 109 Å². The number of allylic oxidation sites excluding steroid dienone is 2. The summed E-state index contributed by atoms with van der Waals surface area (Å²) < 4.78 is 75.6. The Morgan fingerprint density at radius 2 is 1.70 bits per heavy atom. The highest BCUT2D eigenvalue weighted by molar-refractivity contribution is 6.16. The number of aliphatic imine (C=N–C) groups is 1. The monoisotopic (exact) mass is 300 g/mol. The molecular weight excluding hydrogens is 290 g/mol. The highest BCUT2D eigenvalue weighted by Gasteiger charge is 2.50. The van der Waals surface area contributed by atoms with E-state index in [1.807, 2.05) is 5.32 Å². The highest BCUT2D eigenvalue weighted by atomic mass is 19.4. The summed E-state index contributed by atoms with van der Waals surface area (Å²) in [6.07, 6.45) is -8.22. The van der Waals surface area contributed by atoms with Gasteiger partial charge in [-0.25, -0.2) is 0 Å². The van der Waals surface area contributed by atoms with Crippen molar-refractivity contribution < 1.29 is 31.1 Å². The SMILES string of the molecule is O=C(C1=C(C(F)(F)F)NC2(CCCC2)N=C1)C(F)(F)F. The van der Waals surface area contributed by atoms with E-state index in [2.05, 4.69) is 4.99 Å². The molecule has 0 aromatic rings. The number of carbonyl (C=O) groups is 1. The van der Waals surface area contributed by atoms with Gasteiger partial charge in [0.1, 0.15) is 11.4 Å². The lowest BCUT2D eigenvalue weighted by Crippen LogP contribution is -2.49. The number of hydrogen-bond acceptors (Lipinski definition) is 3. The number of halogens is 6. The van der Waals surface area contributed by atoms with E-state index in [9.17, 15) is 31.1 Å². The van der Waals surface area contributed by atoms with Crippen LogP contribution in [0.15, 0.2) is 16.3 Å². The summed E-state index contributed by atoms with van der Waals surface area (Å²) in [5.41, 5.74) is -4.38. The van der Waals surface area contributed by atoms with Crippen molar-refractivity contribution in [2.24, 2.45) is 4.99 Å². The number of nitrogens with zero attached hydrogens (tertiary/aromatic N) is 1. The van der Waals surface area contributed by atoms with Gasteiger partial charge in [-0.1, -0.05) is 0 Å². The molecule has 0 aromatic heterocycles. The van der Waals surface area contributed by atoms with Gasteiger partial charge in [0.2, 0.25) is 0 Å². The molecule has 1 aliphatic carbocycles. The second-order valence-electron chi connectivity index (χ2n) is 4.74. The van der Waals surface area contributed by atoms with Crippen LogP contribution in [-0.4, -0.2) is 30.0 Å². The van der Waals surface area contributed by atoms with E-state index in [-0.39, 0.29) is 12.8 Å². The molecule has 2 rings (SSSR count). The Balaban J connectivity index is 2.43. The summed E-state index contributed by atoms with van der Waals surface area (Å²) in [5.74, 6) is -2.55. The van der Waals surface area contributed by atoms with Gasteiger partial charge in [-0.05, 0) is 25.7 Å². The molecule has 9 heteroatoms. The zero-order chi connectivity index (χ0) is 15.2. The molecule has 0 radical (unpaired) electrons. The topological polar surface area (TPSA) is 41.5 Å². The van der Waals surface area contributed by atoms with Crippen molar-refractivity contribution >= 4 is 12.0 Å². The fraction of sp³-hybridized carbons (Fsp3) is 0.636. The van der Waals surface area contributed by atoms with Crippen LogP contribution in [0.25, 0.3) is 0 Å². The molecule has 1 aliphatic heterocycles. The van der Waals surface area contributed by atoms with E-state index in [1.54, 1.807) is 0 Å². The number of ketones is 1. The van der Waals surface area contributed by atoms with Gasteiger partial charge >= 0.3 is 12.4 Å². The minimum absolute atomic E-state index is 0.288. The Hall–Kier alpha value is -1.54. The smallest absolute Gasteiger partial charge is 0.357 e. The van der Waals surface area contributed by atoms with E-state index >= 15 is 0 Å². The van der Waals surface area contributed by atoms with Crippen molar-refractivity contribution in [1.82, 2.24) is 5.32 Å². The van der Waals surface area contributed by atoms with E-state index in [4.69, 9.17) is 0 Å². The molecule has 1 spiro atoms.